The van der Waals surface area contributed by atoms with Crippen LogP contribution in [0.4, 0.5) is 18.9 Å². The van der Waals surface area contributed by atoms with Crippen LogP contribution in [0.15, 0.2) is 12.1 Å². The number of anilines is 1. The molecule has 0 saturated carbocycles. The van der Waals surface area contributed by atoms with E-state index in [9.17, 15) is 18.0 Å². The predicted octanol–water partition coefficient (Wildman–Crippen LogP) is 3.07. The van der Waals surface area contributed by atoms with Crippen LogP contribution in [0.2, 0.25) is 0 Å². The second-order valence-electron chi connectivity index (χ2n) is 3.14. The van der Waals surface area contributed by atoms with Gasteiger partial charge in [-0.25, -0.2) is 4.79 Å². The lowest BCUT2D eigenvalue weighted by Gasteiger charge is -2.12. The van der Waals surface area contributed by atoms with Crippen LogP contribution in [0.5, 0.6) is 0 Å². The Kier molecular flexibility index (Phi) is 4.23. The maximum absolute atomic E-state index is 12.5. The van der Waals surface area contributed by atoms with Crippen molar-refractivity contribution in [3.63, 3.8) is 0 Å². The molecule has 2 N–H and O–H groups in total. The molecule has 0 spiro atoms. The third-order valence-electron chi connectivity index (χ3n) is 1.95. The van der Waals surface area contributed by atoms with E-state index >= 15 is 0 Å². The zero-order valence-electron chi connectivity index (χ0n) is 8.77. The highest BCUT2D eigenvalue weighted by atomic mass is 127. The summed E-state index contributed by atoms with van der Waals surface area (Å²) < 4.78 is 42.4. The lowest BCUT2D eigenvalue weighted by atomic mass is 10.1. The first-order valence-electron chi connectivity index (χ1n) is 4.60. The zero-order valence-corrected chi connectivity index (χ0v) is 10.9. The van der Waals surface area contributed by atoms with Crippen LogP contribution in [0, 0.1) is 3.57 Å². The van der Waals surface area contributed by atoms with E-state index in [0.29, 0.717) is 6.07 Å². The number of esters is 1. The Morgan fingerprint density at radius 3 is 2.53 bits per heavy atom. The van der Waals surface area contributed by atoms with E-state index in [1.807, 2.05) is 0 Å². The van der Waals surface area contributed by atoms with Gasteiger partial charge in [-0.05, 0) is 41.6 Å². The second-order valence-corrected chi connectivity index (χ2v) is 4.30. The number of ether oxygens (including phenoxy) is 1. The zero-order chi connectivity index (χ0) is 13.2. The monoisotopic (exact) mass is 359 g/mol. The van der Waals surface area contributed by atoms with E-state index in [1.165, 1.54) is 0 Å². The molecule has 0 heterocycles. The van der Waals surface area contributed by atoms with Gasteiger partial charge in [-0.15, -0.1) is 0 Å². The predicted molar refractivity (Wildman–Crippen MR) is 64.5 cm³/mol. The van der Waals surface area contributed by atoms with Gasteiger partial charge in [-0.2, -0.15) is 13.2 Å². The number of carbonyl (C=O) groups excluding carboxylic acids is 1. The average molecular weight is 359 g/mol. The number of benzene rings is 1. The van der Waals surface area contributed by atoms with Crippen molar-refractivity contribution in [3.8, 4) is 0 Å². The van der Waals surface area contributed by atoms with Crippen molar-refractivity contribution in [1.82, 2.24) is 0 Å². The number of halogens is 4. The molecule has 0 amide bonds. The Labute approximate surface area is 109 Å². The van der Waals surface area contributed by atoms with E-state index in [2.05, 4.69) is 4.74 Å². The number of nitrogens with two attached hydrogens (primary N) is 1. The third-order valence-corrected chi connectivity index (χ3v) is 2.84. The summed E-state index contributed by atoms with van der Waals surface area (Å²) >= 11 is 1.64. The topological polar surface area (TPSA) is 52.3 Å². The lowest BCUT2D eigenvalue weighted by Crippen LogP contribution is -2.13. The molecule has 1 rings (SSSR count). The molecule has 0 aliphatic rings. The lowest BCUT2D eigenvalue weighted by molar-refractivity contribution is -0.137. The fourth-order valence-electron chi connectivity index (χ4n) is 1.16. The van der Waals surface area contributed by atoms with Gasteiger partial charge >= 0.3 is 12.1 Å². The Bertz CT molecular complexity index is 446. The van der Waals surface area contributed by atoms with Gasteiger partial charge < -0.3 is 10.5 Å². The smallest absolute Gasteiger partial charge is 0.416 e. The molecule has 0 aliphatic heterocycles. The number of carbonyl (C=O) groups is 1. The van der Waals surface area contributed by atoms with Crippen molar-refractivity contribution >= 4 is 34.2 Å². The minimum Gasteiger partial charge on any atom is -0.462 e. The van der Waals surface area contributed by atoms with Crippen molar-refractivity contribution in [1.29, 1.82) is 0 Å². The summed E-state index contributed by atoms with van der Waals surface area (Å²) in [4.78, 5) is 11.4. The first kappa shape index (κ1) is 14.1. The first-order valence-corrected chi connectivity index (χ1v) is 5.68. The quantitative estimate of drug-likeness (QED) is 0.502. The van der Waals surface area contributed by atoms with Crippen molar-refractivity contribution in [2.24, 2.45) is 0 Å². The number of rotatable bonds is 2. The minimum absolute atomic E-state index is 0.00273. The summed E-state index contributed by atoms with van der Waals surface area (Å²) in [5, 5.41) is 0. The highest BCUT2D eigenvalue weighted by Crippen LogP contribution is 2.33. The fourth-order valence-corrected chi connectivity index (χ4v) is 1.79. The molecule has 0 bridgehead atoms. The minimum atomic E-state index is -4.52. The maximum atomic E-state index is 12.5. The van der Waals surface area contributed by atoms with Gasteiger partial charge in [0.25, 0.3) is 0 Å². The normalized spacial score (nSPS) is 11.4. The molecular formula is C10H9F3INO2. The molecule has 0 aromatic heterocycles. The summed E-state index contributed by atoms with van der Waals surface area (Å²) in [7, 11) is 0. The summed E-state index contributed by atoms with van der Waals surface area (Å²) in [6.07, 6.45) is -4.52. The highest BCUT2D eigenvalue weighted by Gasteiger charge is 2.32. The van der Waals surface area contributed by atoms with Crippen LogP contribution in [-0.2, 0) is 10.9 Å². The molecule has 7 heteroatoms. The summed E-state index contributed by atoms with van der Waals surface area (Å²) in [6, 6.07) is 1.59. The van der Waals surface area contributed by atoms with Crippen LogP contribution in [0.3, 0.4) is 0 Å². The van der Waals surface area contributed by atoms with Crippen LogP contribution in [0.25, 0.3) is 0 Å². The van der Waals surface area contributed by atoms with Crippen molar-refractivity contribution < 1.29 is 22.7 Å². The van der Waals surface area contributed by atoms with Crippen LogP contribution in [0.1, 0.15) is 22.8 Å². The van der Waals surface area contributed by atoms with E-state index in [1.54, 1.807) is 29.5 Å². The molecule has 0 unspecified atom stereocenters. The van der Waals surface area contributed by atoms with E-state index in [0.717, 1.165) is 6.07 Å². The molecule has 0 atom stereocenters. The number of hydrogen-bond donors (Lipinski definition) is 1. The van der Waals surface area contributed by atoms with E-state index < -0.39 is 17.7 Å². The van der Waals surface area contributed by atoms with Gasteiger partial charge in [0.05, 0.1) is 23.4 Å². The molecule has 3 nitrogen and oxygen atoms in total. The SMILES string of the molecule is CCOC(=O)c1cc(C(F)(F)F)cc(I)c1N. The second kappa shape index (κ2) is 5.11. The molecule has 1 aromatic carbocycles. The van der Waals surface area contributed by atoms with Gasteiger partial charge in [0.2, 0.25) is 0 Å². The van der Waals surface area contributed by atoms with Gasteiger partial charge in [0.1, 0.15) is 0 Å². The molecule has 0 aliphatic carbocycles. The summed E-state index contributed by atoms with van der Waals surface area (Å²) in [6.45, 7) is 1.64. The van der Waals surface area contributed by atoms with Gasteiger partial charge in [-0.1, -0.05) is 0 Å². The van der Waals surface area contributed by atoms with Crippen LogP contribution in [-0.4, -0.2) is 12.6 Å². The number of hydrogen-bond acceptors (Lipinski definition) is 3. The average Bonchev–Trinajstić information content (AvgIpc) is 2.20. The molecule has 94 valence electrons. The summed E-state index contributed by atoms with van der Waals surface area (Å²) in [5.41, 5.74) is 4.37. The van der Waals surface area contributed by atoms with Crippen LogP contribution < -0.4 is 5.73 Å². The number of nitrogen functional groups attached to an aromatic ring is 1. The standard InChI is InChI=1S/C10H9F3INO2/c1-2-17-9(16)6-3-5(10(11,12)13)4-7(14)8(6)15/h3-4H,2,15H2,1H3. The van der Waals surface area contributed by atoms with E-state index in [-0.39, 0.29) is 21.4 Å². The first-order chi connectivity index (χ1) is 7.77. The fraction of sp³-hybridized carbons (Fsp3) is 0.300. The van der Waals surface area contributed by atoms with Crippen molar-refractivity contribution in [2.75, 3.05) is 12.3 Å². The molecule has 0 fully saturated rings. The van der Waals surface area contributed by atoms with Gasteiger partial charge in [-0.3, -0.25) is 0 Å². The maximum Gasteiger partial charge on any atom is 0.416 e. The Balaban J connectivity index is 3.30. The van der Waals surface area contributed by atoms with Crippen molar-refractivity contribution in [2.45, 2.75) is 13.1 Å². The molecule has 0 saturated heterocycles. The Morgan fingerprint density at radius 1 is 1.47 bits per heavy atom. The Morgan fingerprint density at radius 2 is 2.06 bits per heavy atom. The van der Waals surface area contributed by atoms with Gasteiger partial charge in [0.15, 0.2) is 0 Å². The summed E-state index contributed by atoms with van der Waals surface area (Å²) in [5.74, 6) is -0.853. The number of alkyl halides is 3. The molecule has 0 radical (unpaired) electrons. The van der Waals surface area contributed by atoms with E-state index in [4.69, 9.17) is 5.73 Å². The Hall–Kier alpha value is -0.990. The van der Waals surface area contributed by atoms with Crippen molar-refractivity contribution in [3.05, 3.63) is 26.8 Å². The van der Waals surface area contributed by atoms with Gasteiger partial charge in [0, 0.05) is 3.57 Å². The molecule has 1 aromatic rings. The molecular weight excluding hydrogens is 350 g/mol. The largest absolute Gasteiger partial charge is 0.462 e. The highest BCUT2D eigenvalue weighted by molar-refractivity contribution is 14.1. The molecule has 17 heavy (non-hydrogen) atoms. The van der Waals surface area contributed by atoms with Crippen LogP contribution >= 0.6 is 22.6 Å². The third kappa shape index (κ3) is 3.24.